The maximum Gasteiger partial charge on any atom is 0.337 e. The predicted molar refractivity (Wildman–Crippen MR) is 119 cm³/mol. The summed E-state index contributed by atoms with van der Waals surface area (Å²) in [5.74, 6) is 0.276. The summed E-state index contributed by atoms with van der Waals surface area (Å²) >= 11 is 0. The second-order valence-corrected chi connectivity index (χ2v) is 7.27. The molecule has 0 unspecified atom stereocenters. The second kappa shape index (κ2) is 9.66. The van der Waals surface area contributed by atoms with E-state index in [9.17, 15) is 9.59 Å². The van der Waals surface area contributed by atoms with Crippen LogP contribution in [0.2, 0.25) is 0 Å². The molecular weight excluding hydrogens is 424 g/mol. The number of imidazole rings is 1. The van der Waals surface area contributed by atoms with Gasteiger partial charge in [-0.15, -0.1) is 0 Å². The van der Waals surface area contributed by atoms with E-state index in [1.807, 2.05) is 31.2 Å². The van der Waals surface area contributed by atoms with Crippen LogP contribution in [0.25, 0.3) is 5.52 Å². The van der Waals surface area contributed by atoms with Crippen molar-refractivity contribution in [2.24, 2.45) is 0 Å². The molecule has 1 aromatic carbocycles. The van der Waals surface area contributed by atoms with Gasteiger partial charge in [-0.2, -0.15) is 5.10 Å². The molecule has 0 fully saturated rings. The van der Waals surface area contributed by atoms with Crippen molar-refractivity contribution in [2.75, 3.05) is 14.2 Å². The Labute approximate surface area is 190 Å². The topological polar surface area (TPSA) is 97.0 Å². The number of hydrogen-bond donors (Lipinski definition) is 0. The number of ketones is 1. The molecule has 170 valence electrons. The number of hydrogen-bond acceptors (Lipinski definition) is 7. The van der Waals surface area contributed by atoms with Crippen molar-refractivity contribution in [3.8, 4) is 5.75 Å². The zero-order valence-electron chi connectivity index (χ0n) is 18.6. The van der Waals surface area contributed by atoms with Crippen LogP contribution in [0.15, 0.2) is 55.0 Å². The summed E-state index contributed by atoms with van der Waals surface area (Å²) in [6.07, 6.45) is 4.96. The maximum absolute atomic E-state index is 13.5. The SMILES string of the molecule is CCn1ccnc1C(=O)c1c(COCc2ccc(OC)cc2)nn2ccc(C(=O)OC)cc12. The lowest BCUT2D eigenvalue weighted by molar-refractivity contribution is 0.0600. The Morgan fingerprint density at radius 2 is 1.82 bits per heavy atom. The van der Waals surface area contributed by atoms with E-state index in [1.165, 1.54) is 7.11 Å². The van der Waals surface area contributed by atoms with Crippen LogP contribution < -0.4 is 4.74 Å². The van der Waals surface area contributed by atoms with Crippen molar-refractivity contribution in [3.63, 3.8) is 0 Å². The number of esters is 1. The van der Waals surface area contributed by atoms with Crippen LogP contribution in [0.3, 0.4) is 0 Å². The van der Waals surface area contributed by atoms with E-state index < -0.39 is 5.97 Å². The molecule has 33 heavy (non-hydrogen) atoms. The highest BCUT2D eigenvalue weighted by Gasteiger charge is 2.25. The number of fused-ring (bicyclic) bond motifs is 1. The van der Waals surface area contributed by atoms with Gasteiger partial charge in [0.15, 0.2) is 5.82 Å². The number of carbonyl (C=O) groups is 2. The molecule has 0 aliphatic heterocycles. The third-order valence-corrected chi connectivity index (χ3v) is 5.28. The van der Waals surface area contributed by atoms with Crippen molar-refractivity contribution in [1.82, 2.24) is 19.2 Å². The zero-order valence-corrected chi connectivity index (χ0v) is 18.6. The average molecular weight is 448 g/mol. The minimum Gasteiger partial charge on any atom is -0.497 e. The smallest absolute Gasteiger partial charge is 0.337 e. The Bertz CT molecular complexity index is 1290. The summed E-state index contributed by atoms with van der Waals surface area (Å²) in [7, 11) is 2.92. The zero-order chi connectivity index (χ0) is 23.4. The van der Waals surface area contributed by atoms with Gasteiger partial charge in [-0.1, -0.05) is 12.1 Å². The number of benzene rings is 1. The van der Waals surface area contributed by atoms with Crippen LogP contribution in [0.5, 0.6) is 5.75 Å². The van der Waals surface area contributed by atoms with Gasteiger partial charge in [-0.3, -0.25) is 4.79 Å². The van der Waals surface area contributed by atoms with Gasteiger partial charge < -0.3 is 18.8 Å². The third kappa shape index (κ3) is 4.49. The molecular formula is C24H24N4O5. The molecule has 0 saturated heterocycles. The molecule has 0 aliphatic carbocycles. The van der Waals surface area contributed by atoms with Crippen molar-refractivity contribution in [1.29, 1.82) is 0 Å². The van der Waals surface area contributed by atoms with Crippen LogP contribution >= 0.6 is 0 Å². The predicted octanol–water partition coefficient (Wildman–Crippen LogP) is 3.29. The molecule has 0 spiro atoms. The Balaban J connectivity index is 1.68. The summed E-state index contributed by atoms with van der Waals surface area (Å²) in [6, 6.07) is 10.7. The van der Waals surface area contributed by atoms with Gasteiger partial charge in [0.2, 0.25) is 5.78 Å². The number of carbonyl (C=O) groups excluding carboxylic acids is 2. The summed E-state index contributed by atoms with van der Waals surface area (Å²) in [5, 5.41) is 4.55. The highest BCUT2D eigenvalue weighted by Crippen LogP contribution is 2.23. The molecule has 0 saturated carbocycles. The molecule has 4 aromatic rings. The maximum atomic E-state index is 13.5. The third-order valence-electron chi connectivity index (χ3n) is 5.28. The fourth-order valence-corrected chi connectivity index (χ4v) is 3.56. The van der Waals surface area contributed by atoms with Gasteiger partial charge in [-0.05, 0) is 36.8 Å². The average Bonchev–Trinajstić information content (AvgIpc) is 3.47. The summed E-state index contributed by atoms with van der Waals surface area (Å²) < 4.78 is 19.2. The lowest BCUT2D eigenvalue weighted by atomic mass is 10.1. The van der Waals surface area contributed by atoms with Gasteiger partial charge in [-0.25, -0.2) is 14.3 Å². The lowest BCUT2D eigenvalue weighted by Gasteiger charge is -2.07. The van der Waals surface area contributed by atoms with Crippen molar-refractivity contribution in [3.05, 3.63) is 83.2 Å². The number of ether oxygens (including phenoxy) is 3. The number of rotatable bonds is 9. The number of methoxy groups -OCH3 is 2. The molecule has 0 atom stereocenters. The summed E-state index contributed by atoms with van der Waals surface area (Å²) in [5.41, 5.74) is 2.57. The van der Waals surface area contributed by atoms with E-state index in [0.29, 0.717) is 41.3 Å². The molecule has 4 rings (SSSR count). The van der Waals surface area contributed by atoms with E-state index in [4.69, 9.17) is 14.2 Å². The van der Waals surface area contributed by atoms with Crippen LogP contribution in [0, 0.1) is 0 Å². The quantitative estimate of drug-likeness (QED) is 0.286. The van der Waals surface area contributed by atoms with Crippen molar-refractivity contribution >= 4 is 17.3 Å². The second-order valence-electron chi connectivity index (χ2n) is 7.27. The van der Waals surface area contributed by atoms with Crippen LogP contribution in [-0.4, -0.2) is 45.1 Å². The van der Waals surface area contributed by atoms with E-state index >= 15 is 0 Å². The number of nitrogens with zero attached hydrogens (tertiary/aromatic N) is 4. The van der Waals surface area contributed by atoms with Crippen LogP contribution in [-0.2, 0) is 29.2 Å². The molecule has 3 heterocycles. The standard InChI is InChI=1S/C24H24N4O5/c1-4-27-12-10-25-23(27)22(29)21-19(15-33-14-16-5-7-18(31-2)8-6-16)26-28-11-9-17(13-20(21)28)24(30)32-3/h5-13H,4,14-15H2,1-3H3. The molecule has 0 radical (unpaired) electrons. The molecule has 0 N–H and O–H groups in total. The molecule has 0 aliphatic rings. The molecule has 0 amide bonds. The molecule has 9 heteroatoms. The first kappa shape index (κ1) is 22.2. The Hall–Kier alpha value is -3.98. The number of aromatic nitrogens is 4. The Kier molecular flexibility index (Phi) is 6.50. The normalized spacial score (nSPS) is 11.0. The van der Waals surface area contributed by atoms with E-state index in [1.54, 1.807) is 46.9 Å². The first-order chi connectivity index (χ1) is 16.0. The highest BCUT2D eigenvalue weighted by molar-refractivity contribution is 6.12. The Morgan fingerprint density at radius 3 is 2.52 bits per heavy atom. The van der Waals surface area contributed by atoms with Gasteiger partial charge in [0.1, 0.15) is 11.4 Å². The van der Waals surface area contributed by atoms with Crippen molar-refractivity contribution in [2.45, 2.75) is 26.7 Å². The largest absolute Gasteiger partial charge is 0.497 e. The molecule has 0 bridgehead atoms. The van der Waals surface area contributed by atoms with Crippen LogP contribution in [0.1, 0.15) is 44.7 Å². The molecule has 9 nitrogen and oxygen atoms in total. The molecule has 3 aromatic heterocycles. The van der Waals surface area contributed by atoms with Crippen LogP contribution in [0.4, 0.5) is 0 Å². The fraction of sp³-hybridized carbons (Fsp3) is 0.250. The first-order valence-corrected chi connectivity index (χ1v) is 10.4. The van der Waals surface area contributed by atoms with E-state index in [-0.39, 0.29) is 12.4 Å². The summed E-state index contributed by atoms with van der Waals surface area (Å²) in [4.78, 5) is 29.8. The van der Waals surface area contributed by atoms with Gasteiger partial charge in [0.25, 0.3) is 0 Å². The number of aryl methyl sites for hydroxylation is 1. The first-order valence-electron chi connectivity index (χ1n) is 10.4. The highest BCUT2D eigenvalue weighted by atomic mass is 16.5. The number of pyridine rings is 1. The van der Waals surface area contributed by atoms with E-state index in [0.717, 1.165) is 11.3 Å². The fourth-order valence-electron chi connectivity index (χ4n) is 3.56. The Morgan fingerprint density at radius 1 is 1.03 bits per heavy atom. The van der Waals surface area contributed by atoms with Gasteiger partial charge in [0.05, 0.1) is 44.1 Å². The van der Waals surface area contributed by atoms with Gasteiger partial charge >= 0.3 is 5.97 Å². The van der Waals surface area contributed by atoms with E-state index in [2.05, 4.69) is 10.1 Å². The minimum atomic E-state index is -0.496. The lowest BCUT2D eigenvalue weighted by Crippen LogP contribution is -2.13. The van der Waals surface area contributed by atoms with Crippen molar-refractivity contribution < 1.29 is 23.8 Å². The summed E-state index contributed by atoms with van der Waals surface area (Å²) in [6.45, 7) is 2.97. The van der Waals surface area contributed by atoms with Gasteiger partial charge in [0, 0.05) is 25.1 Å². The minimum absolute atomic E-state index is 0.106. The monoisotopic (exact) mass is 448 g/mol.